The first-order chi connectivity index (χ1) is 9.13. The zero-order valence-electron chi connectivity index (χ0n) is 10.4. The van der Waals surface area contributed by atoms with Crippen LogP contribution in [-0.4, -0.2) is 28.6 Å². The molecule has 1 atom stereocenters. The van der Waals surface area contributed by atoms with Crippen molar-refractivity contribution in [1.29, 1.82) is 0 Å². The first kappa shape index (κ1) is 15.0. The summed E-state index contributed by atoms with van der Waals surface area (Å²) in [5, 5.41) is 14.7. The van der Waals surface area contributed by atoms with Crippen molar-refractivity contribution in [3.63, 3.8) is 0 Å². The normalized spacial score (nSPS) is 12.6. The smallest absolute Gasteiger partial charge is 0.122 e. The Hall–Kier alpha value is -0.440. The summed E-state index contributed by atoms with van der Waals surface area (Å²) >= 11 is 5.68. The van der Waals surface area contributed by atoms with Crippen LogP contribution in [0.2, 0.25) is 0 Å². The monoisotopic (exact) mass is 436 g/mol. The molecule has 1 unspecified atom stereocenters. The van der Waals surface area contributed by atoms with Gasteiger partial charge in [-0.05, 0) is 56.2 Å². The van der Waals surface area contributed by atoms with E-state index in [9.17, 15) is 5.11 Å². The Morgan fingerprint density at radius 1 is 1.42 bits per heavy atom. The molecule has 4 nitrogen and oxygen atoms in total. The largest absolute Gasteiger partial charge is 0.383 e. The molecule has 0 aliphatic carbocycles. The fraction of sp³-hybridized carbons (Fsp3) is 0.308. The summed E-state index contributed by atoms with van der Waals surface area (Å²) in [5.74, 6) is 0. The fourth-order valence-electron chi connectivity index (χ4n) is 1.80. The predicted octanol–water partition coefficient (Wildman–Crippen LogP) is 2.98. The Balaban J connectivity index is 2.29. The number of methoxy groups -OCH3 is 1. The van der Waals surface area contributed by atoms with Crippen molar-refractivity contribution in [2.45, 2.75) is 12.6 Å². The Kier molecular flexibility index (Phi) is 5.37. The van der Waals surface area contributed by atoms with E-state index in [1.165, 1.54) is 0 Å². The number of hydrogen-bond donors (Lipinski definition) is 1. The second kappa shape index (κ2) is 6.83. The third kappa shape index (κ3) is 3.56. The summed E-state index contributed by atoms with van der Waals surface area (Å²) in [5.41, 5.74) is 1.60. The van der Waals surface area contributed by atoms with Crippen LogP contribution in [-0.2, 0) is 11.3 Å². The van der Waals surface area contributed by atoms with Crippen molar-refractivity contribution in [2.75, 3.05) is 13.7 Å². The van der Waals surface area contributed by atoms with E-state index in [4.69, 9.17) is 4.74 Å². The van der Waals surface area contributed by atoms with Gasteiger partial charge in [0.05, 0.1) is 29.5 Å². The maximum Gasteiger partial charge on any atom is 0.122 e. The van der Waals surface area contributed by atoms with Crippen LogP contribution in [0.15, 0.2) is 34.9 Å². The third-order valence-electron chi connectivity index (χ3n) is 2.79. The second-order valence-corrected chi connectivity index (χ2v) is 6.15. The highest BCUT2D eigenvalue weighted by Crippen LogP contribution is 2.28. The molecule has 0 saturated heterocycles. The Bertz CT molecular complexity index is 542. The molecule has 1 N–H and O–H groups in total. The van der Waals surface area contributed by atoms with Gasteiger partial charge in [-0.25, -0.2) is 0 Å². The van der Waals surface area contributed by atoms with E-state index in [2.05, 4.69) is 43.6 Å². The maximum absolute atomic E-state index is 10.5. The minimum atomic E-state index is -0.703. The molecule has 1 heterocycles. The maximum atomic E-state index is 10.5. The van der Waals surface area contributed by atoms with Crippen molar-refractivity contribution in [3.05, 3.63) is 49.8 Å². The van der Waals surface area contributed by atoms with Crippen LogP contribution in [0.1, 0.15) is 17.4 Å². The Morgan fingerprint density at radius 2 is 2.11 bits per heavy atom. The topological polar surface area (TPSA) is 47.3 Å². The molecule has 0 saturated carbocycles. The van der Waals surface area contributed by atoms with E-state index in [-0.39, 0.29) is 0 Å². The summed E-state index contributed by atoms with van der Waals surface area (Å²) in [6.07, 6.45) is 0.992. The number of aliphatic hydroxyl groups excluding tert-OH is 1. The van der Waals surface area contributed by atoms with Crippen LogP contribution in [0.4, 0.5) is 0 Å². The first-order valence-electron chi connectivity index (χ1n) is 5.77. The third-order valence-corrected chi connectivity index (χ3v) is 4.12. The Morgan fingerprint density at radius 3 is 2.74 bits per heavy atom. The highest BCUT2D eigenvalue weighted by molar-refractivity contribution is 14.1. The summed E-state index contributed by atoms with van der Waals surface area (Å²) in [4.78, 5) is 0. The summed E-state index contributed by atoms with van der Waals surface area (Å²) < 4.78 is 8.75. The van der Waals surface area contributed by atoms with Gasteiger partial charge in [-0.1, -0.05) is 12.1 Å². The lowest BCUT2D eigenvalue weighted by molar-refractivity contribution is 0.171. The second-order valence-electron chi connectivity index (χ2n) is 4.05. The van der Waals surface area contributed by atoms with Crippen molar-refractivity contribution in [2.24, 2.45) is 0 Å². The zero-order valence-corrected chi connectivity index (χ0v) is 14.1. The van der Waals surface area contributed by atoms with E-state index in [0.717, 1.165) is 19.3 Å². The summed E-state index contributed by atoms with van der Waals surface area (Å²) in [6, 6.07) is 7.80. The van der Waals surface area contributed by atoms with E-state index >= 15 is 0 Å². The van der Waals surface area contributed by atoms with Crippen molar-refractivity contribution >= 4 is 38.5 Å². The van der Waals surface area contributed by atoms with Gasteiger partial charge in [0.1, 0.15) is 6.10 Å². The summed E-state index contributed by atoms with van der Waals surface area (Å²) in [6.45, 7) is 1.17. The van der Waals surface area contributed by atoms with E-state index in [0.29, 0.717) is 13.2 Å². The lowest BCUT2D eigenvalue weighted by Gasteiger charge is -2.14. The van der Waals surface area contributed by atoms with Crippen molar-refractivity contribution in [3.8, 4) is 0 Å². The van der Waals surface area contributed by atoms with Gasteiger partial charge in [-0.15, -0.1) is 0 Å². The number of aliphatic hydroxyl groups is 1. The molecule has 0 aliphatic rings. The van der Waals surface area contributed by atoms with E-state index in [1.54, 1.807) is 18.0 Å². The molecule has 0 amide bonds. The zero-order chi connectivity index (χ0) is 13.8. The summed E-state index contributed by atoms with van der Waals surface area (Å²) in [7, 11) is 1.65. The molecule has 0 spiro atoms. The van der Waals surface area contributed by atoms with Gasteiger partial charge in [0.2, 0.25) is 0 Å². The minimum Gasteiger partial charge on any atom is -0.383 e. The number of aromatic nitrogens is 2. The number of nitrogens with zero attached hydrogens (tertiary/aromatic N) is 2. The standard InChI is InChI=1S/C13H14BrIN2O2/c1-19-7-6-17-12(11(14)8-16-17)13(18)9-2-4-10(15)5-3-9/h2-5,8,13,18H,6-7H2,1H3. The molecule has 1 aromatic carbocycles. The van der Waals surface area contributed by atoms with Crippen LogP contribution in [0.5, 0.6) is 0 Å². The van der Waals surface area contributed by atoms with Gasteiger partial charge in [-0.2, -0.15) is 5.10 Å². The molecular weight excluding hydrogens is 423 g/mol. The average Bonchev–Trinajstić information content (AvgIpc) is 2.77. The molecule has 2 rings (SSSR count). The van der Waals surface area contributed by atoms with Crippen molar-refractivity contribution in [1.82, 2.24) is 9.78 Å². The van der Waals surface area contributed by atoms with Gasteiger partial charge < -0.3 is 9.84 Å². The van der Waals surface area contributed by atoms with Gasteiger partial charge >= 0.3 is 0 Å². The molecule has 1 aromatic heterocycles. The van der Waals surface area contributed by atoms with Gasteiger partial charge in [-0.3, -0.25) is 4.68 Å². The molecule has 0 bridgehead atoms. The SMILES string of the molecule is COCCn1ncc(Br)c1C(O)c1ccc(I)cc1. The highest BCUT2D eigenvalue weighted by Gasteiger charge is 2.19. The number of hydrogen-bond acceptors (Lipinski definition) is 3. The molecule has 102 valence electrons. The average molecular weight is 437 g/mol. The van der Waals surface area contributed by atoms with E-state index < -0.39 is 6.10 Å². The molecule has 6 heteroatoms. The van der Waals surface area contributed by atoms with Gasteiger partial charge in [0.15, 0.2) is 0 Å². The van der Waals surface area contributed by atoms with Crippen LogP contribution in [0.3, 0.4) is 0 Å². The molecule has 0 aliphatic heterocycles. The molecule has 19 heavy (non-hydrogen) atoms. The van der Waals surface area contributed by atoms with Crippen LogP contribution in [0, 0.1) is 3.57 Å². The first-order valence-corrected chi connectivity index (χ1v) is 7.64. The van der Waals surface area contributed by atoms with Gasteiger partial charge in [0.25, 0.3) is 0 Å². The number of halogens is 2. The lowest BCUT2D eigenvalue weighted by atomic mass is 10.1. The Labute approximate surface area is 134 Å². The molecule has 0 radical (unpaired) electrons. The lowest BCUT2D eigenvalue weighted by Crippen LogP contribution is -2.13. The number of ether oxygens (including phenoxy) is 1. The molecule has 2 aromatic rings. The quantitative estimate of drug-likeness (QED) is 0.733. The van der Waals surface area contributed by atoms with Crippen LogP contribution < -0.4 is 0 Å². The number of benzene rings is 1. The highest BCUT2D eigenvalue weighted by atomic mass is 127. The fourth-order valence-corrected chi connectivity index (χ4v) is 2.68. The van der Waals surface area contributed by atoms with Gasteiger partial charge in [0, 0.05) is 10.7 Å². The van der Waals surface area contributed by atoms with E-state index in [1.807, 2.05) is 24.3 Å². The van der Waals surface area contributed by atoms with Crippen LogP contribution in [0.25, 0.3) is 0 Å². The molecule has 0 fully saturated rings. The van der Waals surface area contributed by atoms with Crippen LogP contribution >= 0.6 is 38.5 Å². The van der Waals surface area contributed by atoms with Crippen molar-refractivity contribution < 1.29 is 9.84 Å². The number of rotatable bonds is 5. The molecular formula is C13H14BrIN2O2. The predicted molar refractivity (Wildman–Crippen MR) is 85.0 cm³/mol. The minimum absolute atomic E-state index is 0.556.